The Kier molecular flexibility index (Phi) is 2.69. The highest BCUT2D eigenvalue weighted by Gasteiger charge is 2.26. The van der Waals surface area contributed by atoms with Gasteiger partial charge in [-0.1, -0.05) is 0 Å². The number of rotatable bonds is 3. The molecule has 0 unspecified atom stereocenters. The first kappa shape index (κ1) is 12.0. The number of pyridine rings is 1. The number of ether oxygens (including phenoxy) is 1. The van der Waals surface area contributed by atoms with E-state index in [0.29, 0.717) is 23.7 Å². The summed E-state index contributed by atoms with van der Waals surface area (Å²) < 4.78 is 8.17. The van der Waals surface area contributed by atoms with Gasteiger partial charge in [0.15, 0.2) is 0 Å². The number of hydrogen-bond acceptors (Lipinski definition) is 3. The van der Waals surface area contributed by atoms with Gasteiger partial charge in [0.2, 0.25) is 0 Å². The van der Waals surface area contributed by atoms with Crippen molar-refractivity contribution in [2.24, 2.45) is 13.0 Å². The molecule has 2 aromatic heterocycles. The fraction of sp³-hybridized carbons (Fsp3) is 0.429. The van der Waals surface area contributed by atoms with Gasteiger partial charge in [-0.2, -0.15) is 0 Å². The third kappa shape index (κ3) is 1.95. The van der Waals surface area contributed by atoms with Crippen molar-refractivity contribution in [3.8, 4) is 0 Å². The predicted octanol–water partition coefficient (Wildman–Crippen LogP) is 1.54. The largest absolute Gasteiger partial charge is 0.464 e. The molecule has 1 aliphatic carbocycles. The molecule has 0 N–H and O–H groups in total. The summed E-state index contributed by atoms with van der Waals surface area (Å²) in [6.07, 6.45) is 4.04. The topological polar surface area (TPSA) is 53.2 Å². The number of esters is 1. The number of methoxy groups -OCH3 is 1. The number of aryl methyl sites for hydroxylation is 1. The van der Waals surface area contributed by atoms with E-state index < -0.39 is 0 Å². The lowest BCUT2D eigenvalue weighted by Crippen LogP contribution is -2.20. The summed E-state index contributed by atoms with van der Waals surface area (Å²) in [6.45, 7) is 0.715. The third-order valence-electron chi connectivity index (χ3n) is 3.66. The Morgan fingerprint density at radius 1 is 1.47 bits per heavy atom. The molecule has 0 saturated heterocycles. The molecule has 5 nitrogen and oxygen atoms in total. The van der Waals surface area contributed by atoms with Crippen LogP contribution in [0.4, 0.5) is 0 Å². The maximum atomic E-state index is 12.3. The summed E-state index contributed by atoms with van der Waals surface area (Å²) in [5.41, 5.74) is 0.985. The maximum absolute atomic E-state index is 12.3. The minimum atomic E-state index is -0.390. The molecular formula is C14H16N2O3. The van der Waals surface area contributed by atoms with Crippen molar-refractivity contribution >= 4 is 16.9 Å². The Morgan fingerprint density at radius 3 is 2.84 bits per heavy atom. The summed E-state index contributed by atoms with van der Waals surface area (Å²) in [5.74, 6) is 0.183. The standard InChI is InChI=1S/C14H16N2O3/c1-15-6-5-10-7-11(14(18)19-2)16(8-9-3-4-9)12(10)13(15)17/h5-7,9H,3-4,8H2,1-2H3. The second kappa shape index (κ2) is 4.26. The van der Waals surface area contributed by atoms with E-state index in [-0.39, 0.29) is 11.5 Å². The number of fused-ring (bicyclic) bond motifs is 1. The Bertz CT molecular complexity index is 707. The first-order valence-corrected chi connectivity index (χ1v) is 6.39. The molecule has 0 aliphatic heterocycles. The zero-order valence-corrected chi connectivity index (χ0v) is 11.0. The molecule has 1 fully saturated rings. The SMILES string of the molecule is COC(=O)c1cc2ccn(C)c(=O)c2n1CC1CC1. The first-order valence-electron chi connectivity index (χ1n) is 6.39. The van der Waals surface area contributed by atoms with E-state index in [0.717, 1.165) is 18.2 Å². The fourth-order valence-corrected chi connectivity index (χ4v) is 2.38. The van der Waals surface area contributed by atoms with Crippen LogP contribution in [0.25, 0.3) is 10.9 Å². The second-order valence-corrected chi connectivity index (χ2v) is 5.11. The Labute approximate surface area is 110 Å². The van der Waals surface area contributed by atoms with E-state index >= 15 is 0 Å². The maximum Gasteiger partial charge on any atom is 0.354 e. The normalized spacial score (nSPS) is 14.8. The molecule has 1 saturated carbocycles. The van der Waals surface area contributed by atoms with Crippen LogP contribution in [0.2, 0.25) is 0 Å². The zero-order chi connectivity index (χ0) is 13.6. The highest BCUT2D eigenvalue weighted by molar-refractivity contribution is 5.95. The number of carbonyl (C=O) groups excluding carboxylic acids is 1. The number of nitrogens with zero attached hydrogens (tertiary/aromatic N) is 2. The van der Waals surface area contributed by atoms with Gasteiger partial charge in [0.25, 0.3) is 5.56 Å². The van der Waals surface area contributed by atoms with Crippen molar-refractivity contribution in [1.29, 1.82) is 0 Å². The van der Waals surface area contributed by atoms with Gasteiger partial charge in [-0.25, -0.2) is 4.79 Å². The van der Waals surface area contributed by atoms with E-state index in [1.54, 1.807) is 19.3 Å². The molecule has 3 rings (SSSR count). The average molecular weight is 260 g/mol. The monoisotopic (exact) mass is 260 g/mol. The molecule has 100 valence electrons. The van der Waals surface area contributed by atoms with Crippen molar-refractivity contribution in [2.45, 2.75) is 19.4 Å². The molecule has 2 heterocycles. The van der Waals surface area contributed by atoms with Crippen LogP contribution in [0, 0.1) is 5.92 Å². The van der Waals surface area contributed by atoms with E-state index in [1.165, 1.54) is 11.7 Å². The van der Waals surface area contributed by atoms with Crippen LogP contribution < -0.4 is 5.56 Å². The zero-order valence-electron chi connectivity index (χ0n) is 11.0. The van der Waals surface area contributed by atoms with Gasteiger partial charge >= 0.3 is 5.97 Å². The van der Waals surface area contributed by atoms with Crippen molar-refractivity contribution in [1.82, 2.24) is 9.13 Å². The second-order valence-electron chi connectivity index (χ2n) is 5.11. The van der Waals surface area contributed by atoms with Gasteiger partial charge in [-0.3, -0.25) is 4.79 Å². The molecular weight excluding hydrogens is 244 g/mol. The van der Waals surface area contributed by atoms with E-state index in [2.05, 4.69) is 0 Å². The van der Waals surface area contributed by atoms with Crippen LogP contribution in [0.5, 0.6) is 0 Å². The smallest absolute Gasteiger partial charge is 0.354 e. The molecule has 2 aromatic rings. The number of carbonyl (C=O) groups is 1. The van der Waals surface area contributed by atoms with Gasteiger partial charge < -0.3 is 13.9 Å². The summed E-state index contributed by atoms with van der Waals surface area (Å²) in [4.78, 5) is 24.1. The van der Waals surface area contributed by atoms with Gasteiger partial charge in [-0.05, 0) is 30.9 Å². The first-order chi connectivity index (χ1) is 9.11. The molecule has 0 radical (unpaired) electrons. The average Bonchev–Trinajstić information content (AvgIpc) is 3.14. The van der Waals surface area contributed by atoms with Crippen molar-refractivity contribution in [3.63, 3.8) is 0 Å². The van der Waals surface area contributed by atoms with E-state index in [9.17, 15) is 9.59 Å². The highest BCUT2D eigenvalue weighted by atomic mass is 16.5. The van der Waals surface area contributed by atoms with Crippen LogP contribution >= 0.6 is 0 Å². The van der Waals surface area contributed by atoms with Crippen LogP contribution in [-0.4, -0.2) is 22.2 Å². The van der Waals surface area contributed by atoms with Crippen LogP contribution in [0.15, 0.2) is 23.1 Å². The van der Waals surface area contributed by atoms with Crippen LogP contribution in [-0.2, 0) is 18.3 Å². The molecule has 0 bridgehead atoms. The minimum absolute atomic E-state index is 0.0756. The van der Waals surface area contributed by atoms with Crippen LogP contribution in [0.3, 0.4) is 0 Å². The van der Waals surface area contributed by atoms with Gasteiger partial charge in [0.05, 0.1) is 7.11 Å². The molecule has 0 aromatic carbocycles. The van der Waals surface area contributed by atoms with E-state index in [1.807, 2.05) is 10.6 Å². The van der Waals surface area contributed by atoms with Gasteiger partial charge in [-0.15, -0.1) is 0 Å². The molecule has 0 amide bonds. The predicted molar refractivity (Wildman–Crippen MR) is 71.2 cm³/mol. The van der Waals surface area contributed by atoms with Crippen molar-refractivity contribution < 1.29 is 9.53 Å². The lowest BCUT2D eigenvalue weighted by Gasteiger charge is -2.08. The number of aromatic nitrogens is 2. The quantitative estimate of drug-likeness (QED) is 0.786. The Morgan fingerprint density at radius 2 is 2.21 bits per heavy atom. The Balaban J connectivity index is 2.27. The van der Waals surface area contributed by atoms with Gasteiger partial charge in [0.1, 0.15) is 11.2 Å². The summed E-state index contributed by atoms with van der Waals surface area (Å²) >= 11 is 0. The minimum Gasteiger partial charge on any atom is -0.464 e. The molecule has 19 heavy (non-hydrogen) atoms. The summed E-state index contributed by atoms with van der Waals surface area (Å²) in [6, 6.07) is 3.59. The van der Waals surface area contributed by atoms with Gasteiger partial charge in [0, 0.05) is 25.2 Å². The molecule has 1 aliphatic rings. The number of hydrogen-bond donors (Lipinski definition) is 0. The third-order valence-corrected chi connectivity index (χ3v) is 3.66. The molecule has 0 atom stereocenters. The lowest BCUT2D eigenvalue weighted by molar-refractivity contribution is 0.0588. The Hall–Kier alpha value is -2.04. The fourth-order valence-electron chi connectivity index (χ4n) is 2.38. The molecule has 0 spiro atoms. The van der Waals surface area contributed by atoms with Crippen molar-refractivity contribution in [3.05, 3.63) is 34.4 Å². The lowest BCUT2D eigenvalue weighted by atomic mass is 10.3. The summed E-state index contributed by atoms with van der Waals surface area (Å²) in [5, 5.41) is 0.796. The van der Waals surface area contributed by atoms with Crippen molar-refractivity contribution in [2.75, 3.05) is 7.11 Å². The highest BCUT2D eigenvalue weighted by Crippen LogP contribution is 2.32. The van der Waals surface area contributed by atoms with Crippen LogP contribution in [0.1, 0.15) is 23.3 Å². The van der Waals surface area contributed by atoms with E-state index in [4.69, 9.17) is 4.74 Å². The summed E-state index contributed by atoms with van der Waals surface area (Å²) in [7, 11) is 3.08. The molecule has 5 heteroatoms.